The van der Waals surface area contributed by atoms with E-state index in [0.717, 1.165) is 12.1 Å². The Labute approximate surface area is 153 Å². The maximum atomic E-state index is 12.5. The molecule has 0 fully saturated rings. The Morgan fingerprint density at radius 3 is 2.41 bits per heavy atom. The third-order valence-electron chi connectivity index (χ3n) is 3.50. The third-order valence-corrected chi connectivity index (χ3v) is 3.50. The Hall–Kier alpha value is -3.95. The molecule has 0 saturated heterocycles. The van der Waals surface area contributed by atoms with Crippen molar-refractivity contribution in [1.29, 1.82) is 0 Å². The van der Waals surface area contributed by atoms with Crippen LogP contribution in [0.25, 0.3) is 0 Å². The maximum absolute atomic E-state index is 12.5. The molecule has 0 spiro atoms. The van der Waals surface area contributed by atoms with Gasteiger partial charge in [0.25, 0.3) is 11.6 Å². The van der Waals surface area contributed by atoms with Crippen LogP contribution < -0.4 is 16.4 Å². The number of esters is 1. The smallest absolute Gasteiger partial charge is 0.341 e. The van der Waals surface area contributed by atoms with Crippen LogP contribution in [0.3, 0.4) is 0 Å². The number of hydrogen-bond donors (Lipinski definition) is 3. The minimum Gasteiger partial charge on any atom is -0.444 e. The number of urea groups is 1. The predicted octanol–water partition coefficient (Wildman–Crippen LogP) is 1.53. The number of benzene rings is 2. The number of amides is 3. The fourth-order valence-corrected chi connectivity index (χ4v) is 2.15. The summed E-state index contributed by atoms with van der Waals surface area (Å²) in [5, 5.41) is 15.1. The molecule has 10 heteroatoms. The van der Waals surface area contributed by atoms with Gasteiger partial charge < -0.3 is 15.8 Å². The van der Waals surface area contributed by atoms with Crippen LogP contribution in [0.4, 0.5) is 16.2 Å². The number of ether oxygens (including phenoxy) is 1. The van der Waals surface area contributed by atoms with Gasteiger partial charge in [-0.1, -0.05) is 30.3 Å². The van der Waals surface area contributed by atoms with E-state index >= 15 is 0 Å². The number of hydrogen-bond acceptors (Lipinski definition) is 7. The van der Waals surface area contributed by atoms with Crippen LogP contribution in [0, 0.1) is 10.1 Å². The number of nitro groups is 1. The fourth-order valence-electron chi connectivity index (χ4n) is 2.15. The van der Waals surface area contributed by atoms with Gasteiger partial charge in [0.05, 0.1) is 10.5 Å². The van der Waals surface area contributed by atoms with Gasteiger partial charge >= 0.3 is 12.0 Å². The molecule has 10 nitrogen and oxygen atoms in total. The van der Waals surface area contributed by atoms with E-state index in [0.29, 0.717) is 5.56 Å². The molecular weight excluding hydrogens is 356 g/mol. The normalized spacial score (nSPS) is 11.1. The molecule has 0 aliphatic heterocycles. The second-order valence-corrected chi connectivity index (χ2v) is 5.29. The van der Waals surface area contributed by atoms with E-state index in [9.17, 15) is 24.5 Å². The Balaban J connectivity index is 2.34. The predicted molar refractivity (Wildman–Crippen MR) is 94.7 cm³/mol. The lowest BCUT2D eigenvalue weighted by atomic mass is 10.1. The summed E-state index contributed by atoms with van der Waals surface area (Å²) in [4.78, 5) is 46.4. The maximum Gasteiger partial charge on any atom is 0.341 e. The summed E-state index contributed by atoms with van der Waals surface area (Å²) in [7, 11) is 1.32. The largest absolute Gasteiger partial charge is 0.444 e. The number of nitrogens with one attached hydrogen (secondary N) is 2. The molecule has 0 aliphatic rings. The van der Waals surface area contributed by atoms with Gasteiger partial charge in [0, 0.05) is 30.4 Å². The Morgan fingerprint density at radius 2 is 1.81 bits per heavy atom. The van der Waals surface area contributed by atoms with Gasteiger partial charge in [-0.3, -0.25) is 20.2 Å². The van der Waals surface area contributed by atoms with Gasteiger partial charge in [-0.25, -0.2) is 9.59 Å². The molecule has 1 atom stereocenters. The second kappa shape index (κ2) is 8.43. The first-order chi connectivity index (χ1) is 12.8. The van der Waals surface area contributed by atoms with Crippen molar-refractivity contribution < 1.29 is 24.0 Å². The van der Waals surface area contributed by atoms with Gasteiger partial charge in [0.2, 0.25) is 6.10 Å². The lowest BCUT2D eigenvalue weighted by Crippen LogP contribution is -2.41. The van der Waals surface area contributed by atoms with Gasteiger partial charge in [-0.2, -0.15) is 0 Å². The van der Waals surface area contributed by atoms with Crippen LogP contribution in [0.2, 0.25) is 0 Å². The average molecular weight is 372 g/mol. The minimum atomic E-state index is -1.46. The van der Waals surface area contributed by atoms with E-state index in [-0.39, 0.29) is 16.9 Å². The summed E-state index contributed by atoms with van der Waals surface area (Å²) in [5.41, 5.74) is 5.32. The summed E-state index contributed by atoms with van der Waals surface area (Å²) >= 11 is 0. The highest BCUT2D eigenvalue weighted by molar-refractivity contribution is 6.00. The quantitative estimate of drug-likeness (QED) is 0.311. The average Bonchev–Trinajstić information content (AvgIpc) is 2.66. The van der Waals surface area contributed by atoms with E-state index in [1.165, 1.54) is 25.2 Å². The van der Waals surface area contributed by atoms with E-state index in [1.807, 2.05) is 5.32 Å². The second-order valence-electron chi connectivity index (χ2n) is 5.29. The van der Waals surface area contributed by atoms with Crippen LogP contribution in [0.5, 0.6) is 0 Å². The number of nitrogens with zero attached hydrogens (tertiary/aromatic N) is 1. The van der Waals surface area contributed by atoms with Crippen molar-refractivity contribution >= 4 is 29.3 Å². The van der Waals surface area contributed by atoms with Crippen molar-refractivity contribution in [2.24, 2.45) is 0 Å². The van der Waals surface area contributed by atoms with Crippen molar-refractivity contribution in [3.05, 3.63) is 69.8 Å². The molecule has 0 aromatic heterocycles. The highest BCUT2D eigenvalue weighted by atomic mass is 16.6. The first-order valence-corrected chi connectivity index (χ1v) is 7.66. The molecule has 0 aliphatic carbocycles. The standard InChI is InChI=1S/C17H16N4O6/c1-19-17(24)20-15(22)14(10-5-3-2-4-6-10)27-16(23)12-9-11(21(25)26)7-8-13(12)18/h2-9,14H,18H2,1H3,(H2,19,20,22,24)/t14-/m0/s1. The van der Waals surface area contributed by atoms with Crippen molar-refractivity contribution in [3.8, 4) is 0 Å². The zero-order chi connectivity index (χ0) is 20.0. The third kappa shape index (κ3) is 4.78. The van der Waals surface area contributed by atoms with Gasteiger partial charge in [-0.05, 0) is 6.07 Å². The van der Waals surface area contributed by atoms with Gasteiger partial charge in [-0.15, -0.1) is 0 Å². The monoisotopic (exact) mass is 372 g/mol. The SMILES string of the molecule is CNC(=O)NC(=O)[C@@H](OC(=O)c1cc([N+](=O)[O-])ccc1N)c1ccccc1. The molecule has 2 rings (SSSR count). The lowest BCUT2D eigenvalue weighted by molar-refractivity contribution is -0.384. The molecule has 4 N–H and O–H groups in total. The summed E-state index contributed by atoms with van der Waals surface area (Å²) in [6.07, 6.45) is -1.46. The number of anilines is 1. The molecule has 140 valence electrons. The molecular formula is C17H16N4O6. The number of non-ortho nitro benzene ring substituents is 1. The summed E-state index contributed by atoms with van der Waals surface area (Å²) in [6, 6.07) is 10.5. The molecule has 0 heterocycles. The molecule has 2 aromatic rings. The highest BCUT2D eigenvalue weighted by Gasteiger charge is 2.28. The van der Waals surface area contributed by atoms with Crippen LogP contribution in [-0.4, -0.2) is 29.9 Å². The zero-order valence-corrected chi connectivity index (χ0v) is 14.2. The Morgan fingerprint density at radius 1 is 1.15 bits per heavy atom. The van der Waals surface area contributed by atoms with Gasteiger partial charge in [0.1, 0.15) is 0 Å². The Kier molecular flexibility index (Phi) is 6.05. The number of nitro benzene ring substituents is 1. The van der Waals surface area contributed by atoms with Crippen LogP contribution in [0.15, 0.2) is 48.5 Å². The first kappa shape index (κ1) is 19.4. The van der Waals surface area contributed by atoms with Crippen molar-refractivity contribution in [3.63, 3.8) is 0 Å². The highest BCUT2D eigenvalue weighted by Crippen LogP contribution is 2.24. The molecule has 2 aromatic carbocycles. The van der Waals surface area contributed by atoms with Crippen molar-refractivity contribution in [2.75, 3.05) is 12.8 Å². The number of carbonyl (C=O) groups excluding carboxylic acids is 3. The van der Waals surface area contributed by atoms with Gasteiger partial charge in [0.15, 0.2) is 0 Å². The first-order valence-electron chi connectivity index (χ1n) is 7.66. The number of carbonyl (C=O) groups is 3. The number of nitrogens with two attached hydrogens (primary N) is 1. The molecule has 0 unspecified atom stereocenters. The van der Waals surface area contributed by atoms with Crippen molar-refractivity contribution in [1.82, 2.24) is 10.6 Å². The van der Waals surface area contributed by atoms with E-state index in [4.69, 9.17) is 10.5 Å². The fraction of sp³-hybridized carbons (Fsp3) is 0.118. The summed E-state index contributed by atoms with van der Waals surface area (Å²) in [6.45, 7) is 0. The topological polar surface area (TPSA) is 154 Å². The van der Waals surface area contributed by atoms with Crippen LogP contribution in [0.1, 0.15) is 22.0 Å². The minimum absolute atomic E-state index is 0.0517. The number of rotatable bonds is 5. The molecule has 0 radical (unpaired) electrons. The zero-order valence-electron chi connectivity index (χ0n) is 14.2. The van der Waals surface area contributed by atoms with Crippen LogP contribution in [-0.2, 0) is 9.53 Å². The van der Waals surface area contributed by atoms with E-state index < -0.39 is 28.9 Å². The molecule has 3 amide bonds. The molecule has 0 bridgehead atoms. The Bertz CT molecular complexity index is 884. The molecule has 27 heavy (non-hydrogen) atoms. The summed E-state index contributed by atoms with van der Waals surface area (Å²) in [5.74, 6) is -1.94. The van der Waals surface area contributed by atoms with E-state index in [1.54, 1.807) is 18.2 Å². The summed E-state index contributed by atoms with van der Waals surface area (Å²) < 4.78 is 5.21. The number of imide groups is 1. The van der Waals surface area contributed by atoms with E-state index in [2.05, 4.69) is 5.32 Å². The van der Waals surface area contributed by atoms with Crippen molar-refractivity contribution in [2.45, 2.75) is 6.10 Å². The lowest BCUT2D eigenvalue weighted by Gasteiger charge is -2.18. The van der Waals surface area contributed by atoms with Crippen LogP contribution >= 0.6 is 0 Å². The number of nitrogen functional groups attached to an aromatic ring is 1. The molecule has 0 saturated carbocycles.